The van der Waals surface area contributed by atoms with Gasteiger partial charge in [0.25, 0.3) is 0 Å². The minimum Gasteiger partial charge on any atom is -0.477 e. The fourth-order valence-electron chi connectivity index (χ4n) is 2.73. The van der Waals surface area contributed by atoms with Gasteiger partial charge in [0, 0.05) is 24.1 Å². The van der Waals surface area contributed by atoms with Crippen LogP contribution in [0.5, 0.6) is 0 Å². The summed E-state index contributed by atoms with van der Waals surface area (Å²) in [7, 11) is 0. The first kappa shape index (κ1) is 14.4. The maximum Gasteiger partial charge on any atom is 0.352 e. The Kier molecular flexibility index (Phi) is 3.94. The van der Waals surface area contributed by atoms with E-state index in [0.717, 1.165) is 22.0 Å². The van der Waals surface area contributed by atoms with Crippen molar-refractivity contribution in [1.29, 1.82) is 0 Å². The van der Waals surface area contributed by atoms with Crippen LogP contribution in [0.2, 0.25) is 0 Å². The van der Waals surface area contributed by atoms with E-state index < -0.39 is 5.97 Å². The molecule has 1 heterocycles. The highest BCUT2D eigenvalue weighted by molar-refractivity contribution is 5.96. The Hall–Kier alpha value is -2.59. The van der Waals surface area contributed by atoms with Crippen molar-refractivity contribution in [3.63, 3.8) is 0 Å². The normalized spacial score (nSPS) is 11.0. The number of aromatic nitrogens is 1. The molecule has 0 aliphatic carbocycles. The van der Waals surface area contributed by atoms with E-state index in [4.69, 9.17) is 5.11 Å². The first-order valence-electron chi connectivity index (χ1n) is 7.23. The molecule has 0 atom stereocenters. The molecule has 4 nitrogen and oxygen atoms in total. The number of rotatable bonds is 5. The second-order valence-electron chi connectivity index (χ2n) is 5.20. The molecule has 2 N–H and O–H groups in total. The lowest BCUT2D eigenvalue weighted by molar-refractivity contribution is 0.0685. The zero-order valence-electron chi connectivity index (χ0n) is 12.1. The Morgan fingerprint density at radius 2 is 1.77 bits per heavy atom. The van der Waals surface area contributed by atoms with Crippen molar-refractivity contribution in [2.45, 2.75) is 13.0 Å². The lowest BCUT2D eigenvalue weighted by Crippen LogP contribution is -2.09. The molecule has 4 heteroatoms. The van der Waals surface area contributed by atoms with E-state index in [2.05, 4.69) is 0 Å². The molecule has 0 amide bonds. The molecule has 112 valence electrons. The highest BCUT2D eigenvalue weighted by Gasteiger charge is 2.14. The van der Waals surface area contributed by atoms with Gasteiger partial charge in [-0.2, -0.15) is 0 Å². The number of carbonyl (C=O) groups is 1. The van der Waals surface area contributed by atoms with Gasteiger partial charge in [0.15, 0.2) is 0 Å². The number of hydrogen-bond donors (Lipinski definition) is 2. The van der Waals surface area contributed by atoms with Crippen molar-refractivity contribution in [2.75, 3.05) is 6.61 Å². The molecule has 0 saturated heterocycles. The number of aromatic carboxylic acids is 1. The van der Waals surface area contributed by atoms with Crippen LogP contribution in [0.25, 0.3) is 22.0 Å². The SMILES string of the molecule is O=C(O)c1cc2cc(-c3ccccc3)ccc2n1CCCO. The summed E-state index contributed by atoms with van der Waals surface area (Å²) in [6.07, 6.45) is 0.532. The summed E-state index contributed by atoms with van der Waals surface area (Å²) in [4.78, 5) is 11.4. The highest BCUT2D eigenvalue weighted by atomic mass is 16.4. The van der Waals surface area contributed by atoms with Gasteiger partial charge in [0.2, 0.25) is 0 Å². The maximum atomic E-state index is 11.4. The Morgan fingerprint density at radius 1 is 1.00 bits per heavy atom. The molecule has 3 rings (SSSR count). The van der Waals surface area contributed by atoms with E-state index in [0.29, 0.717) is 13.0 Å². The highest BCUT2D eigenvalue weighted by Crippen LogP contribution is 2.27. The van der Waals surface area contributed by atoms with Crippen LogP contribution in [0.4, 0.5) is 0 Å². The molecule has 0 fully saturated rings. The number of hydrogen-bond acceptors (Lipinski definition) is 2. The molecule has 0 aliphatic rings. The fraction of sp³-hybridized carbons (Fsp3) is 0.167. The summed E-state index contributed by atoms with van der Waals surface area (Å²) in [6.45, 7) is 0.535. The number of fused-ring (bicyclic) bond motifs is 1. The topological polar surface area (TPSA) is 62.5 Å². The quantitative estimate of drug-likeness (QED) is 0.758. The fourth-order valence-corrected chi connectivity index (χ4v) is 2.73. The van der Waals surface area contributed by atoms with Crippen LogP contribution in [0.15, 0.2) is 54.6 Å². The minimum atomic E-state index is -0.949. The molecular formula is C18H17NO3. The Labute approximate surface area is 128 Å². The third-order valence-corrected chi connectivity index (χ3v) is 3.77. The third kappa shape index (κ3) is 2.61. The van der Waals surface area contributed by atoms with E-state index in [9.17, 15) is 9.90 Å². The lowest BCUT2D eigenvalue weighted by Gasteiger charge is -2.08. The summed E-state index contributed by atoms with van der Waals surface area (Å²) in [5.74, 6) is -0.949. The number of carboxylic acids is 1. The van der Waals surface area contributed by atoms with Crippen LogP contribution in [0.1, 0.15) is 16.9 Å². The zero-order chi connectivity index (χ0) is 15.5. The summed E-state index contributed by atoms with van der Waals surface area (Å²) >= 11 is 0. The molecular weight excluding hydrogens is 278 g/mol. The second kappa shape index (κ2) is 6.03. The van der Waals surface area contributed by atoms with E-state index in [-0.39, 0.29) is 12.3 Å². The van der Waals surface area contributed by atoms with Gasteiger partial charge < -0.3 is 14.8 Å². The molecule has 0 bridgehead atoms. The van der Waals surface area contributed by atoms with E-state index in [1.165, 1.54) is 0 Å². The largest absolute Gasteiger partial charge is 0.477 e. The van der Waals surface area contributed by atoms with Gasteiger partial charge in [-0.05, 0) is 35.7 Å². The average molecular weight is 295 g/mol. The van der Waals surface area contributed by atoms with Crippen molar-refractivity contribution in [1.82, 2.24) is 4.57 Å². The van der Waals surface area contributed by atoms with Crippen LogP contribution >= 0.6 is 0 Å². The lowest BCUT2D eigenvalue weighted by atomic mass is 10.0. The van der Waals surface area contributed by atoms with Gasteiger partial charge >= 0.3 is 5.97 Å². The number of benzene rings is 2. The summed E-state index contributed by atoms with van der Waals surface area (Å²) in [5, 5.41) is 19.3. The summed E-state index contributed by atoms with van der Waals surface area (Å²) in [6, 6.07) is 17.6. The molecule has 0 aliphatic heterocycles. The monoisotopic (exact) mass is 295 g/mol. The van der Waals surface area contributed by atoms with Crippen LogP contribution in [-0.2, 0) is 6.54 Å². The molecule has 1 aromatic heterocycles. The Morgan fingerprint density at radius 3 is 2.45 bits per heavy atom. The van der Waals surface area contributed by atoms with Crippen molar-refractivity contribution in [3.05, 3.63) is 60.3 Å². The number of aliphatic hydroxyl groups is 1. The van der Waals surface area contributed by atoms with Crippen LogP contribution in [0, 0.1) is 0 Å². The Bertz CT molecular complexity index is 806. The van der Waals surface area contributed by atoms with Crippen molar-refractivity contribution in [2.24, 2.45) is 0 Å². The molecule has 0 unspecified atom stereocenters. The van der Waals surface area contributed by atoms with Crippen molar-refractivity contribution < 1.29 is 15.0 Å². The zero-order valence-corrected chi connectivity index (χ0v) is 12.1. The van der Waals surface area contributed by atoms with Crippen molar-refractivity contribution in [3.8, 4) is 11.1 Å². The van der Waals surface area contributed by atoms with E-state index in [1.807, 2.05) is 48.5 Å². The van der Waals surface area contributed by atoms with Crippen LogP contribution < -0.4 is 0 Å². The Balaban J connectivity index is 2.11. The first-order chi connectivity index (χ1) is 10.7. The molecule has 2 aromatic carbocycles. The van der Waals surface area contributed by atoms with Gasteiger partial charge in [-0.1, -0.05) is 36.4 Å². The number of nitrogens with zero attached hydrogens (tertiary/aromatic N) is 1. The predicted octanol–water partition coefficient (Wildman–Crippen LogP) is 3.39. The molecule has 3 aromatic rings. The summed E-state index contributed by atoms with van der Waals surface area (Å²) in [5.41, 5.74) is 3.30. The minimum absolute atomic E-state index is 0.0425. The average Bonchev–Trinajstić information content (AvgIpc) is 2.91. The molecule has 0 radical (unpaired) electrons. The molecule has 0 saturated carbocycles. The second-order valence-corrected chi connectivity index (χ2v) is 5.20. The third-order valence-electron chi connectivity index (χ3n) is 3.77. The smallest absolute Gasteiger partial charge is 0.352 e. The predicted molar refractivity (Wildman–Crippen MR) is 86.0 cm³/mol. The van der Waals surface area contributed by atoms with E-state index >= 15 is 0 Å². The number of carboxylic acid groups (broad SMARTS) is 1. The van der Waals surface area contributed by atoms with Gasteiger partial charge in [0.1, 0.15) is 5.69 Å². The van der Waals surface area contributed by atoms with Crippen LogP contribution in [0.3, 0.4) is 0 Å². The van der Waals surface area contributed by atoms with E-state index in [1.54, 1.807) is 10.6 Å². The van der Waals surface area contributed by atoms with Gasteiger partial charge in [0.05, 0.1) is 0 Å². The van der Waals surface area contributed by atoms with Gasteiger partial charge in [-0.3, -0.25) is 0 Å². The number of aliphatic hydroxyl groups excluding tert-OH is 1. The summed E-state index contributed by atoms with van der Waals surface area (Å²) < 4.78 is 1.75. The molecule has 0 spiro atoms. The first-order valence-corrected chi connectivity index (χ1v) is 7.23. The van der Waals surface area contributed by atoms with Crippen LogP contribution in [-0.4, -0.2) is 27.4 Å². The number of aryl methyl sites for hydroxylation is 1. The van der Waals surface area contributed by atoms with Gasteiger partial charge in [-0.25, -0.2) is 4.79 Å². The van der Waals surface area contributed by atoms with Gasteiger partial charge in [-0.15, -0.1) is 0 Å². The maximum absolute atomic E-state index is 11.4. The molecule has 22 heavy (non-hydrogen) atoms. The standard InChI is InChI=1S/C18H17NO3/c20-10-4-9-19-16-8-7-14(13-5-2-1-3-6-13)11-15(16)12-17(19)18(21)22/h1-3,5-8,11-12,20H,4,9-10H2,(H,21,22). The van der Waals surface area contributed by atoms with Crippen molar-refractivity contribution >= 4 is 16.9 Å².